The first-order chi connectivity index (χ1) is 4.88. The first kappa shape index (κ1) is 7.43. The number of nitrogens with one attached hydrogen (secondary N) is 1. The predicted octanol–water partition coefficient (Wildman–Crippen LogP) is 0.230. The smallest absolute Gasteiger partial charge is 0.262 e. The number of hydrazine groups is 2. The fourth-order valence-electron chi connectivity index (χ4n) is 0.647. The first-order valence-electron chi connectivity index (χ1n) is 2.91. The topological polar surface area (TPSA) is 35.6 Å². The van der Waals surface area contributed by atoms with Crippen LogP contribution in [0.4, 0.5) is 0 Å². The molecule has 1 radical (unpaired) electrons. The minimum Gasteiger partial charge on any atom is -0.262 e. The van der Waals surface area contributed by atoms with Crippen LogP contribution in [0.5, 0.6) is 0 Å². The molecule has 1 N–H and O–H groups in total. The highest BCUT2D eigenvalue weighted by Gasteiger charge is 2.13. The van der Waals surface area contributed by atoms with Gasteiger partial charge in [-0.1, -0.05) is 0 Å². The number of hydrogen-bond donors (Lipinski definition) is 1. The Hall–Kier alpha value is -0.680. The molecule has 0 aromatic rings. The number of nitrogens with zero attached hydrogens (tertiary/aromatic N) is 2. The molecule has 1 heterocycles. The van der Waals surface area contributed by atoms with Crippen molar-refractivity contribution in [3.63, 3.8) is 0 Å². The number of amides is 1. The van der Waals surface area contributed by atoms with Gasteiger partial charge in [-0.25, -0.2) is 10.5 Å². The zero-order chi connectivity index (χ0) is 7.40. The molecule has 55 valence electrons. The minimum absolute atomic E-state index is 0.840. The summed E-state index contributed by atoms with van der Waals surface area (Å²) in [4.78, 5) is 9.87. The molecular formula is C5H8N3OS. The Morgan fingerprint density at radius 1 is 1.80 bits per heavy atom. The second-order valence-corrected chi connectivity index (χ2v) is 2.52. The third-order valence-corrected chi connectivity index (χ3v) is 1.98. The molecule has 0 bridgehead atoms. The number of rotatable bonds is 3. The van der Waals surface area contributed by atoms with Crippen molar-refractivity contribution >= 4 is 18.4 Å². The molecule has 0 aromatic carbocycles. The molecule has 1 rings (SSSR count). The van der Waals surface area contributed by atoms with E-state index in [1.165, 1.54) is 11.9 Å². The SMILES string of the molecule is CCN1SC=CN1N[C]=O. The maximum atomic E-state index is 9.87. The molecule has 1 amide bonds. The van der Waals surface area contributed by atoms with Crippen LogP contribution in [0.2, 0.25) is 0 Å². The second-order valence-electron chi connectivity index (χ2n) is 1.62. The van der Waals surface area contributed by atoms with Gasteiger partial charge in [0.2, 0.25) is 0 Å². The van der Waals surface area contributed by atoms with Crippen LogP contribution in [-0.4, -0.2) is 22.5 Å². The van der Waals surface area contributed by atoms with Gasteiger partial charge in [-0.15, -0.1) is 4.41 Å². The Kier molecular flexibility index (Phi) is 2.58. The fraction of sp³-hybridized carbons (Fsp3) is 0.400. The standard InChI is InChI=1S/C5H8N3OS/c1-2-8-7(6-5-9)3-4-10-8/h3-4H,2H2,1H3,(H,6,9). The Balaban J connectivity index is 2.40. The van der Waals surface area contributed by atoms with Crippen molar-refractivity contribution in [1.29, 1.82) is 0 Å². The summed E-state index contributed by atoms with van der Waals surface area (Å²) < 4.78 is 1.88. The van der Waals surface area contributed by atoms with Gasteiger partial charge in [-0.05, 0) is 18.9 Å². The van der Waals surface area contributed by atoms with Crippen LogP contribution in [0.15, 0.2) is 11.6 Å². The van der Waals surface area contributed by atoms with E-state index < -0.39 is 0 Å². The van der Waals surface area contributed by atoms with Gasteiger partial charge < -0.3 is 0 Å². The van der Waals surface area contributed by atoms with Crippen molar-refractivity contribution in [3.8, 4) is 0 Å². The molecule has 4 nitrogen and oxygen atoms in total. The van der Waals surface area contributed by atoms with Crippen LogP contribution in [0.1, 0.15) is 6.92 Å². The van der Waals surface area contributed by atoms with Crippen molar-refractivity contribution < 1.29 is 4.79 Å². The summed E-state index contributed by atoms with van der Waals surface area (Å²) in [7, 11) is 0. The molecule has 0 atom stereocenters. The van der Waals surface area contributed by atoms with E-state index in [0.29, 0.717) is 0 Å². The molecule has 1 aliphatic heterocycles. The van der Waals surface area contributed by atoms with Gasteiger partial charge in [0.25, 0.3) is 0 Å². The van der Waals surface area contributed by atoms with Gasteiger partial charge >= 0.3 is 6.41 Å². The quantitative estimate of drug-likeness (QED) is 0.471. The average Bonchev–Trinajstić information content (AvgIpc) is 2.36. The van der Waals surface area contributed by atoms with E-state index in [1.807, 2.05) is 16.7 Å². The summed E-state index contributed by atoms with van der Waals surface area (Å²) in [6, 6.07) is 0. The van der Waals surface area contributed by atoms with E-state index in [1.54, 1.807) is 17.7 Å². The van der Waals surface area contributed by atoms with Crippen LogP contribution in [-0.2, 0) is 4.79 Å². The zero-order valence-electron chi connectivity index (χ0n) is 5.57. The van der Waals surface area contributed by atoms with Crippen LogP contribution in [0, 0.1) is 0 Å². The fourth-order valence-corrected chi connectivity index (χ4v) is 1.30. The van der Waals surface area contributed by atoms with Crippen molar-refractivity contribution in [2.45, 2.75) is 6.92 Å². The van der Waals surface area contributed by atoms with Gasteiger partial charge in [0, 0.05) is 18.2 Å². The van der Waals surface area contributed by atoms with Gasteiger partial charge in [-0.3, -0.25) is 4.79 Å². The lowest BCUT2D eigenvalue weighted by Crippen LogP contribution is -2.40. The molecule has 0 saturated heterocycles. The van der Waals surface area contributed by atoms with Gasteiger partial charge in [0.05, 0.1) is 0 Å². The molecule has 0 aromatic heterocycles. The van der Waals surface area contributed by atoms with E-state index in [0.717, 1.165) is 6.54 Å². The lowest BCUT2D eigenvalue weighted by atomic mass is 10.8. The zero-order valence-corrected chi connectivity index (χ0v) is 6.39. The highest BCUT2D eigenvalue weighted by atomic mass is 32.2. The molecular weight excluding hydrogens is 150 g/mol. The largest absolute Gasteiger partial charge is 0.330 e. The van der Waals surface area contributed by atoms with E-state index in [4.69, 9.17) is 0 Å². The summed E-state index contributed by atoms with van der Waals surface area (Å²) in [6.07, 6.45) is 3.36. The number of carbonyl (C=O) groups excluding carboxylic acids is 1. The molecule has 1 aliphatic rings. The Morgan fingerprint density at radius 3 is 3.20 bits per heavy atom. The molecule has 0 aliphatic carbocycles. The second kappa shape index (κ2) is 3.48. The minimum atomic E-state index is 0.840. The van der Waals surface area contributed by atoms with E-state index in [-0.39, 0.29) is 0 Å². The van der Waals surface area contributed by atoms with Gasteiger partial charge in [0.1, 0.15) is 0 Å². The highest BCUT2D eigenvalue weighted by molar-refractivity contribution is 8.00. The average molecular weight is 158 g/mol. The Morgan fingerprint density at radius 2 is 2.60 bits per heavy atom. The molecule has 5 heteroatoms. The van der Waals surface area contributed by atoms with Crippen LogP contribution in [0.25, 0.3) is 0 Å². The van der Waals surface area contributed by atoms with E-state index in [2.05, 4.69) is 5.43 Å². The molecule has 0 fully saturated rings. The monoisotopic (exact) mass is 158 g/mol. The van der Waals surface area contributed by atoms with E-state index in [9.17, 15) is 4.79 Å². The van der Waals surface area contributed by atoms with Gasteiger partial charge in [-0.2, -0.15) is 0 Å². The summed E-state index contributed by atoms with van der Waals surface area (Å²) in [5, 5.41) is 3.46. The maximum absolute atomic E-state index is 9.87. The third-order valence-electron chi connectivity index (χ3n) is 1.06. The summed E-state index contributed by atoms with van der Waals surface area (Å²) in [5.41, 5.74) is 2.39. The lowest BCUT2D eigenvalue weighted by molar-refractivity contribution is 0.115. The van der Waals surface area contributed by atoms with Gasteiger partial charge in [0.15, 0.2) is 0 Å². The summed E-state index contributed by atoms with van der Waals surface area (Å²) in [5.74, 6) is 0. The van der Waals surface area contributed by atoms with Crippen LogP contribution < -0.4 is 5.43 Å². The van der Waals surface area contributed by atoms with Crippen molar-refractivity contribution in [2.24, 2.45) is 0 Å². The van der Waals surface area contributed by atoms with Crippen molar-refractivity contribution in [3.05, 3.63) is 11.6 Å². The van der Waals surface area contributed by atoms with Crippen molar-refractivity contribution in [2.75, 3.05) is 6.54 Å². The first-order valence-corrected chi connectivity index (χ1v) is 3.75. The lowest BCUT2D eigenvalue weighted by Gasteiger charge is -2.23. The third kappa shape index (κ3) is 1.43. The molecule has 10 heavy (non-hydrogen) atoms. The summed E-state index contributed by atoms with van der Waals surface area (Å²) in [6.45, 7) is 2.84. The number of hydrogen-bond acceptors (Lipinski definition) is 4. The van der Waals surface area contributed by atoms with Crippen LogP contribution in [0.3, 0.4) is 0 Å². The van der Waals surface area contributed by atoms with E-state index >= 15 is 0 Å². The maximum Gasteiger partial charge on any atom is 0.330 e. The van der Waals surface area contributed by atoms with Crippen LogP contribution >= 0.6 is 11.9 Å². The highest BCUT2D eigenvalue weighted by Crippen LogP contribution is 2.19. The normalized spacial score (nSPS) is 17.9. The molecule has 0 unspecified atom stereocenters. The Labute approximate surface area is 63.9 Å². The van der Waals surface area contributed by atoms with Crippen molar-refractivity contribution in [1.82, 2.24) is 15.0 Å². The molecule has 0 spiro atoms. The summed E-state index contributed by atoms with van der Waals surface area (Å²) >= 11 is 1.53. The Bertz CT molecular complexity index is 150. The predicted molar refractivity (Wildman–Crippen MR) is 39.8 cm³/mol. The molecule has 0 saturated carbocycles.